The minimum absolute atomic E-state index is 0.111. The summed E-state index contributed by atoms with van der Waals surface area (Å²) in [6.45, 7) is 6.83. The fraction of sp³-hybridized carbons (Fsp3) is 0.600. The van der Waals surface area contributed by atoms with Crippen LogP contribution in [0.25, 0.3) is 0 Å². The van der Waals surface area contributed by atoms with E-state index in [1.807, 2.05) is 13.8 Å². The summed E-state index contributed by atoms with van der Waals surface area (Å²) in [5, 5.41) is 0.368. The molecule has 0 amide bonds. The van der Waals surface area contributed by atoms with Gasteiger partial charge in [-0.3, -0.25) is 4.90 Å². The van der Waals surface area contributed by atoms with E-state index in [0.29, 0.717) is 37.0 Å². The average molecular weight is 362 g/mol. The van der Waals surface area contributed by atoms with Gasteiger partial charge in [0.15, 0.2) is 0 Å². The summed E-state index contributed by atoms with van der Waals surface area (Å²) in [7, 11) is -2.18. The van der Waals surface area contributed by atoms with Crippen molar-refractivity contribution >= 4 is 21.6 Å². The van der Waals surface area contributed by atoms with Gasteiger partial charge in [-0.25, -0.2) is 8.42 Å². The first kappa shape index (κ1) is 18.5. The lowest BCUT2D eigenvalue weighted by molar-refractivity contribution is 0.162. The summed E-state index contributed by atoms with van der Waals surface area (Å²) in [5.74, 6) is 0.305. The SMILES string of the molecule is COc1ccc(Cl)cc1S(=O)(=O)N1CCN(CC(C)(C)N)CC1. The van der Waals surface area contributed by atoms with Crippen molar-refractivity contribution < 1.29 is 13.2 Å². The topological polar surface area (TPSA) is 75.9 Å². The van der Waals surface area contributed by atoms with Gasteiger partial charge in [-0.1, -0.05) is 11.6 Å². The highest BCUT2D eigenvalue weighted by molar-refractivity contribution is 7.89. The Morgan fingerprint density at radius 2 is 1.87 bits per heavy atom. The Balaban J connectivity index is 2.15. The summed E-state index contributed by atoms with van der Waals surface area (Å²) >= 11 is 5.95. The number of sulfonamides is 1. The van der Waals surface area contributed by atoms with Crippen LogP contribution < -0.4 is 10.5 Å². The van der Waals surface area contributed by atoms with Gasteiger partial charge in [0.25, 0.3) is 0 Å². The Morgan fingerprint density at radius 3 is 2.39 bits per heavy atom. The zero-order valence-corrected chi connectivity index (χ0v) is 15.3. The lowest BCUT2D eigenvalue weighted by Gasteiger charge is -2.37. The summed E-state index contributed by atoms with van der Waals surface area (Å²) in [5.41, 5.74) is 5.73. The lowest BCUT2D eigenvalue weighted by Crippen LogP contribution is -2.54. The van der Waals surface area contributed by atoms with Gasteiger partial charge >= 0.3 is 0 Å². The molecule has 0 unspecified atom stereocenters. The number of methoxy groups -OCH3 is 1. The third kappa shape index (κ3) is 4.58. The van der Waals surface area contributed by atoms with Crippen molar-refractivity contribution in [2.45, 2.75) is 24.3 Å². The monoisotopic (exact) mass is 361 g/mol. The van der Waals surface area contributed by atoms with Crippen molar-refractivity contribution in [3.63, 3.8) is 0 Å². The molecule has 23 heavy (non-hydrogen) atoms. The molecule has 1 saturated heterocycles. The number of nitrogens with zero attached hydrogens (tertiary/aromatic N) is 2. The normalized spacial score (nSPS) is 18.1. The van der Waals surface area contributed by atoms with Gasteiger partial charge in [0.1, 0.15) is 10.6 Å². The fourth-order valence-electron chi connectivity index (χ4n) is 2.70. The number of rotatable bonds is 5. The van der Waals surface area contributed by atoms with Crippen LogP contribution in [0.4, 0.5) is 0 Å². The zero-order valence-electron chi connectivity index (χ0n) is 13.8. The Morgan fingerprint density at radius 1 is 1.26 bits per heavy atom. The molecule has 1 aromatic rings. The molecule has 2 rings (SSSR count). The molecule has 1 heterocycles. The molecular weight excluding hydrogens is 338 g/mol. The Hall–Kier alpha value is -0.860. The van der Waals surface area contributed by atoms with Gasteiger partial charge < -0.3 is 10.5 Å². The summed E-state index contributed by atoms with van der Waals surface area (Å²) < 4.78 is 32.4. The molecule has 0 aromatic heterocycles. The first-order valence-corrected chi connectivity index (χ1v) is 9.30. The van der Waals surface area contributed by atoms with E-state index in [4.69, 9.17) is 22.1 Å². The van der Waals surface area contributed by atoms with Crippen LogP contribution in [0.1, 0.15) is 13.8 Å². The predicted molar refractivity (Wildman–Crippen MR) is 91.5 cm³/mol. The number of benzene rings is 1. The second-order valence-electron chi connectivity index (χ2n) is 6.46. The van der Waals surface area contributed by atoms with Crippen LogP contribution in [0, 0.1) is 0 Å². The van der Waals surface area contributed by atoms with Crippen molar-refractivity contribution in [2.75, 3.05) is 39.8 Å². The van der Waals surface area contributed by atoms with Crippen molar-refractivity contribution in [2.24, 2.45) is 5.73 Å². The molecule has 1 aliphatic heterocycles. The number of hydrogen-bond donors (Lipinski definition) is 1. The second-order valence-corrected chi connectivity index (χ2v) is 8.81. The summed E-state index contributed by atoms with van der Waals surface area (Å²) in [4.78, 5) is 2.29. The van der Waals surface area contributed by atoms with Crippen LogP contribution in [0.3, 0.4) is 0 Å². The maximum atomic E-state index is 12.9. The molecule has 6 nitrogen and oxygen atoms in total. The number of halogens is 1. The highest BCUT2D eigenvalue weighted by Gasteiger charge is 2.32. The van der Waals surface area contributed by atoms with E-state index in [-0.39, 0.29) is 10.4 Å². The Kier molecular flexibility index (Phi) is 5.58. The van der Waals surface area contributed by atoms with E-state index in [2.05, 4.69) is 4.90 Å². The van der Waals surface area contributed by atoms with Gasteiger partial charge in [-0.2, -0.15) is 4.31 Å². The Bertz CT molecular complexity index is 650. The minimum atomic E-state index is -3.63. The number of piperazine rings is 1. The molecule has 130 valence electrons. The van der Waals surface area contributed by atoms with E-state index in [1.54, 1.807) is 12.1 Å². The smallest absolute Gasteiger partial charge is 0.246 e. The third-order valence-electron chi connectivity index (χ3n) is 3.71. The van der Waals surface area contributed by atoms with Crippen LogP contribution in [-0.2, 0) is 10.0 Å². The van der Waals surface area contributed by atoms with Gasteiger partial charge in [-0.05, 0) is 32.0 Å². The van der Waals surface area contributed by atoms with Gasteiger partial charge in [-0.15, -0.1) is 0 Å². The van der Waals surface area contributed by atoms with Crippen LogP contribution in [0.15, 0.2) is 23.1 Å². The molecule has 8 heteroatoms. The highest BCUT2D eigenvalue weighted by atomic mass is 35.5. The van der Waals surface area contributed by atoms with E-state index < -0.39 is 10.0 Å². The molecule has 0 bridgehead atoms. The summed E-state index contributed by atoms with van der Waals surface area (Å²) in [6.07, 6.45) is 0. The largest absolute Gasteiger partial charge is 0.495 e. The highest BCUT2D eigenvalue weighted by Crippen LogP contribution is 2.30. The minimum Gasteiger partial charge on any atom is -0.495 e. The van der Waals surface area contributed by atoms with Crippen LogP contribution in [-0.4, -0.2) is 63.0 Å². The summed E-state index contributed by atoms with van der Waals surface area (Å²) in [6, 6.07) is 4.62. The molecule has 0 radical (unpaired) electrons. The molecule has 0 aliphatic carbocycles. The maximum Gasteiger partial charge on any atom is 0.246 e. The van der Waals surface area contributed by atoms with Crippen molar-refractivity contribution in [3.05, 3.63) is 23.2 Å². The number of ether oxygens (including phenoxy) is 1. The standard InChI is InChI=1S/C15H24ClN3O3S/c1-15(2,17)11-18-6-8-19(9-7-18)23(20,21)14-10-12(16)4-5-13(14)22-3/h4-5,10H,6-9,11,17H2,1-3H3. The van der Waals surface area contributed by atoms with Crippen LogP contribution in [0.2, 0.25) is 5.02 Å². The molecule has 0 spiro atoms. The molecule has 2 N–H and O–H groups in total. The first-order valence-electron chi connectivity index (χ1n) is 7.48. The quantitative estimate of drug-likeness (QED) is 0.857. The number of nitrogens with two attached hydrogens (primary N) is 1. The van der Waals surface area contributed by atoms with Crippen molar-refractivity contribution in [1.29, 1.82) is 0 Å². The zero-order chi connectivity index (χ0) is 17.3. The molecule has 1 aliphatic rings. The van der Waals surface area contributed by atoms with Crippen molar-refractivity contribution in [3.8, 4) is 5.75 Å². The maximum absolute atomic E-state index is 12.9. The van der Waals surface area contributed by atoms with Gasteiger partial charge in [0.2, 0.25) is 10.0 Å². The first-order chi connectivity index (χ1) is 10.6. The van der Waals surface area contributed by atoms with E-state index in [1.165, 1.54) is 17.5 Å². The second kappa shape index (κ2) is 6.94. The average Bonchev–Trinajstić information content (AvgIpc) is 2.46. The van der Waals surface area contributed by atoms with Crippen molar-refractivity contribution in [1.82, 2.24) is 9.21 Å². The fourth-order valence-corrected chi connectivity index (χ4v) is 4.54. The molecule has 1 aromatic carbocycles. The molecule has 1 fully saturated rings. The molecular formula is C15H24ClN3O3S. The van der Waals surface area contributed by atoms with E-state index in [0.717, 1.165) is 6.54 Å². The molecule has 0 saturated carbocycles. The Labute approximate surface area is 143 Å². The molecule has 0 atom stereocenters. The van der Waals surface area contributed by atoms with Crippen LogP contribution >= 0.6 is 11.6 Å². The van der Waals surface area contributed by atoms with Gasteiger partial charge in [0, 0.05) is 43.3 Å². The van der Waals surface area contributed by atoms with E-state index in [9.17, 15) is 8.42 Å². The predicted octanol–water partition coefficient (Wildman–Crippen LogP) is 1.39. The van der Waals surface area contributed by atoms with Gasteiger partial charge in [0.05, 0.1) is 7.11 Å². The van der Waals surface area contributed by atoms with Crippen LogP contribution in [0.5, 0.6) is 5.75 Å². The third-order valence-corrected chi connectivity index (χ3v) is 5.86. The van der Waals surface area contributed by atoms with E-state index >= 15 is 0 Å². The number of hydrogen-bond acceptors (Lipinski definition) is 5. The lowest BCUT2D eigenvalue weighted by atomic mass is 10.1.